The molecule has 0 aliphatic carbocycles. The maximum Gasteiger partial charge on any atom is 0.232 e. The Morgan fingerprint density at radius 3 is 2.53 bits per heavy atom. The Bertz CT molecular complexity index is 364. The number of anilines is 1. The Balaban J connectivity index is 2.30. The lowest BCUT2D eigenvalue weighted by atomic mass is 10.2. The highest BCUT2D eigenvalue weighted by molar-refractivity contribution is 5.39. The molecule has 0 spiro atoms. The van der Waals surface area contributed by atoms with E-state index in [9.17, 15) is 5.11 Å². The summed E-state index contributed by atoms with van der Waals surface area (Å²) in [6.07, 6.45) is 1.99. The van der Waals surface area contributed by atoms with E-state index in [1.165, 1.54) is 0 Å². The number of ether oxygens (including phenoxy) is 2. The summed E-state index contributed by atoms with van der Waals surface area (Å²) in [5.74, 6) is 1.49. The van der Waals surface area contributed by atoms with E-state index in [4.69, 9.17) is 9.47 Å². The van der Waals surface area contributed by atoms with Crippen LogP contribution in [0.2, 0.25) is 0 Å². The molecule has 0 saturated carbocycles. The summed E-state index contributed by atoms with van der Waals surface area (Å²) in [5, 5.41) is 9.29. The number of rotatable bonds is 4. The molecular formula is C11H17N3O3. The van der Waals surface area contributed by atoms with Crippen molar-refractivity contribution in [1.82, 2.24) is 9.97 Å². The smallest absolute Gasteiger partial charge is 0.232 e. The monoisotopic (exact) mass is 239 g/mol. The van der Waals surface area contributed by atoms with E-state index in [-0.39, 0.29) is 12.6 Å². The molecule has 1 N–H and O–H groups in total. The largest absolute Gasteiger partial charge is 0.481 e. The van der Waals surface area contributed by atoms with Gasteiger partial charge < -0.3 is 19.5 Å². The highest BCUT2D eigenvalue weighted by Gasteiger charge is 2.26. The normalized spacial score (nSPS) is 19.5. The summed E-state index contributed by atoms with van der Waals surface area (Å²) in [5.41, 5.74) is 0. The van der Waals surface area contributed by atoms with Crippen molar-refractivity contribution in [1.29, 1.82) is 0 Å². The summed E-state index contributed by atoms with van der Waals surface area (Å²) in [6, 6.07) is 1.72. The number of aliphatic hydroxyl groups excluding tert-OH is 1. The first-order valence-electron chi connectivity index (χ1n) is 5.63. The Morgan fingerprint density at radius 1 is 1.35 bits per heavy atom. The van der Waals surface area contributed by atoms with Crippen LogP contribution in [-0.2, 0) is 0 Å². The minimum absolute atomic E-state index is 0.0896. The quantitative estimate of drug-likeness (QED) is 0.823. The third-order valence-electron chi connectivity index (χ3n) is 2.93. The molecule has 0 amide bonds. The summed E-state index contributed by atoms with van der Waals surface area (Å²) >= 11 is 0. The van der Waals surface area contributed by atoms with Crippen LogP contribution in [0.3, 0.4) is 0 Å². The van der Waals surface area contributed by atoms with Crippen molar-refractivity contribution in [3.05, 3.63) is 6.07 Å². The summed E-state index contributed by atoms with van der Waals surface area (Å²) in [7, 11) is 3.11. The molecule has 6 heteroatoms. The molecule has 1 aromatic rings. The van der Waals surface area contributed by atoms with Gasteiger partial charge >= 0.3 is 0 Å². The molecule has 1 fully saturated rings. The predicted octanol–water partition coefficient (Wildman–Crippen LogP) is 0.455. The van der Waals surface area contributed by atoms with E-state index in [1.807, 2.05) is 4.90 Å². The SMILES string of the molecule is COc1cc(OC)nc(N2CCCC2CO)n1. The highest BCUT2D eigenvalue weighted by Crippen LogP contribution is 2.26. The zero-order valence-electron chi connectivity index (χ0n) is 10.1. The van der Waals surface area contributed by atoms with E-state index < -0.39 is 0 Å². The van der Waals surface area contributed by atoms with Gasteiger partial charge in [0.15, 0.2) is 0 Å². The molecule has 1 saturated heterocycles. The Hall–Kier alpha value is -1.56. The van der Waals surface area contributed by atoms with E-state index in [0.717, 1.165) is 19.4 Å². The summed E-state index contributed by atoms with van der Waals surface area (Å²) in [6.45, 7) is 0.963. The van der Waals surface area contributed by atoms with Gasteiger partial charge in [-0.05, 0) is 12.8 Å². The van der Waals surface area contributed by atoms with Gasteiger partial charge in [-0.2, -0.15) is 9.97 Å². The molecule has 2 heterocycles. The first-order chi connectivity index (χ1) is 8.28. The third-order valence-corrected chi connectivity index (χ3v) is 2.93. The lowest BCUT2D eigenvalue weighted by Crippen LogP contribution is -2.33. The number of aromatic nitrogens is 2. The molecule has 6 nitrogen and oxygen atoms in total. The lowest BCUT2D eigenvalue weighted by molar-refractivity contribution is 0.265. The van der Waals surface area contributed by atoms with Crippen LogP contribution < -0.4 is 14.4 Å². The molecule has 0 aromatic carbocycles. The molecule has 1 aliphatic heterocycles. The first kappa shape index (κ1) is 11.9. The third kappa shape index (κ3) is 2.41. The first-order valence-corrected chi connectivity index (χ1v) is 5.63. The number of nitrogens with zero attached hydrogens (tertiary/aromatic N) is 3. The van der Waals surface area contributed by atoms with E-state index >= 15 is 0 Å². The fourth-order valence-electron chi connectivity index (χ4n) is 2.02. The number of methoxy groups -OCH3 is 2. The number of aliphatic hydroxyl groups is 1. The molecule has 1 aromatic heterocycles. The van der Waals surface area contributed by atoms with E-state index in [1.54, 1.807) is 20.3 Å². The predicted molar refractivity (Wildman–Crippen MR) is 62.6 cm³/mol. The average molecular weight is 239 g/mol. The van der Waals surface area contributed by atoms with Crippen LogP contribution >= 0.6 is 0 Å². The van der Waals surface area contributed by atoms with Crippen LogP contribution in [0.5, 0.6) is 11.8 Å². The van der Waals surface area contributed by atoms with Gasteiger partial charge in [0.25, 0.3) is 0 Å². The van der Waals surface area contributed by atoms with Crippen LogP contribution in [-0.4, -0.2) is 48.5 Å². The molecule has 2 rings (SSSR count). The summed E-state index contributed by atoms with van der Waals surface area (Å²) < 4.78 is 10.2. The minimum Gasteiger partial charge on any atom is -0.481 e. The topological polar surface area (TPSA) is 67.7 Å². The summed E-state index contributed by atoms with van der Waals surface area (Å²) in [4.78, 5) is 10.6. The Kier molecular flexibility index (Phi) is 3.63. The Labute approximate surface area is 100 Å². The van der Waals surface area contributed by atoms with Gasteiger partial charge in [0.2, 0.25) is 17.7 Å². The van der Waals surface area contributed by atoms with Crippen LogP contribution in [0, 0.1) is 0 Å². The standard InChI is InChI=1S/C11H17N3O3/c1-16-9-6-10(17-2)13-11(12-9)14-5-3-4-8(14)7-15/h6,8,15H,3-5,7H2,1-2H3. The zero-order valence-corrected chi connectivity index (χ0v) is 10.1. The van der Waals surface area contributed by atoms with Crippen molar-refractivity contribution < 1.29 is 14.6 Å². The number of hydrogen-bond acceptors (Lipinski definition) is 6. The van der Waals surface area contributed by atoms with Crippen molar-refractivity contribution in [2.24, 2.45) is 0 Å². The van der Waals surface area contributed by atoms with Gasteiger partial charge in [0, 0.05) is 6.54 Å². The van der Waals surface area contributed by atoms with Gasteiger partial charge in [0.1, 0.15) is 0 Å². The fraction of sp³-hybridized carbons (Fsp3) is 0.636. The van der Waals surface area contributed by atoms with E-state index in [0.29, 0.717) is 17.7 Å². The molecule has 0 radical (unpaired) electrons. The second-order valence-electron chi connectivity index (χ2n) is 3.92. The van der Waals surface area contributed by atoms with Gasteiger partial charge in [0.05, 0.1) is 32.9 Å². The van der Waals surface area contributed by atoms with Crippen molar-refractivity contribution in [3.8, 4) is 11.8 Å². The molecule has 17 heavy (non-hydrogen) atoms. The minimum atomic E-state index is 0.0896. The van der Waals surface area contributed by atoms with Gasteiger partial charge in [-0.3, -0.25) is 0 Å². The van der Waals surface area contributed by atoms with E-state index in [2.05, 4.69) is 9.97 Å². The van der Waals surface area contributed by atoms with Crippen molar-refractivity contribution in [2.75, 3.05) is 32.3 Å². The molecular weight excluding hydrogens is 222 g/mol. The zero-order chi connectivity index (χ0) is 12.3. The second-order valence-corrected chi connectivity index (χ2v) is 3.92. The van der Waals surface area contributed by atoms with Crippen LogP contribution in [0.1, 0.15) is 12.8 Å². The van der Waals surface area contributed by atoms with Gasteiger partial charge in [-0.25, -0.2) is 0 Å². The average Bonchev–Trinajstić information content (AvgIpc) is 2.86. The molecule has 1 aliphatic rings. The second kappa shape index (κ2) is 5.18. The molecule has 1 atom stereocenters. The molecule has 94 valence electrons. The van der Waals surface area contributed by atoms with Gasteiger partial charge in [-0.15, -0.1) is 0 Å². The van der Waals surface area contributed by atoms with Gasteiger partial charge in [-0.1, -0.05) is 0 Å². The Morgan fingerprint density at radius 2 is 2.00 bits per heavy atom. The van der Waals surface area contributed by atoms with Crippen molar-refractivity contribution in [3.63, 3.8) is 0 Å². The maximum atomic E-state index is 9.29. The molecule has 0 bridgehead atoms. The van der Waals surface area contributed by atoms with Crippen LogP contribution in [0.4, 0.5) is 5.95 Å². The fourth-order valence-corrected chi connectivity index (χ4v) is 2.02. The lowest BCUT2D eigenvalue weighted by Gasteiger charge is -2.23. The highest BCUT2D eigenvalue weighted by atomic mass is 16.5. The maximum absolute atomic E-state index is 9.29. The van der Waals surface area contributed by atoms with Crippen molar-refractivity contribution >= 4 is 5.95 Å². The van der Waals surface area contributed by atoms with Crippen LogP contribution in [0.25, 0.3) is 0 Å². The van der Waals surface area contributed by atoms with Crippen molar-refractivity contribution in [2.45, 2.75) is 18.9 Å². The number of hydrogen-bond donors (Lipinski definition) is 1. The van der Waals surface area contributed by atoms with Crippen LogP contribution in [0.15, 0.2) is 6.07 Å². The molecule has 1 unspecified atom stereocenters.